The van der Waals surface area contributed by atoms with E-state index in [1.54, 1.807) is 19.9 Å². The van der Waals surface area contributed by atoms with Crippen molar-refractivity contribution in [3.8, 4) is 11.5 Å². The molecule has 3 aromatic rings. The average molecular weight is 671 g/mol. The molecular weight excluding hydrogens is 636 g/mol. The number of carboxylic acid groups (broad SMARTS) is 1. The predicted octanol–water partition coefficient (Wildman–Crippen LogP) is 4.29. The predicted molar refractivity (Wildman–Crippen MR) is 168 cm³/mol. The molecule has 12 nitrogen and oxygen atoms in total. The van der Waals surface area contributed by atoms with Crippen molar-refractivity contribution >= 4 is 49.7 Å². The third-order valence-electron chi connectivity index (χ3n) is 8.89. The molecular formula is C32H34N2O10S2. The summed E-state index contributed by atoms with van der Waals surface area (Å²) in [6.45, 7) is 7.63. The molecule has 3 aromatic carbocycles. The lowest BCUT2D eigenvalue weighted by Gasteiger charge is -2.25. The summed E-state index contributed by atoms with van der Waals surface area (Å²) < 4.78 is 66.4. The smallest absolute Gasteiger partial charge is 0.303 e. The third-order valence-corrected chi connectivity index (χ3v) is 10.6. The number of nitrogens with one attached hydrogen (secondary N) is 1. The Kier molecular flexibility index (Phi) is 8.17. The summed E-state index contributed by atoms with van der Waals surface area (Å²) in [7, 11) is -8.94. The minimum Gasteiger partial charge on any atom is -0.820 e. The highest BCUT2D eigenvalue weighted by Crippen LogP contribution is 2.52. The van der Waals surface area contributed by atoms with Gasteiger partial charge in [-0.1, -0.05) is 6.42 Å². The lowest BCUT2D eigenvalue weighted by molar-refractivity contribution is -0.293. The molecule has 46 heavy (non-hydrogen) atoms. The molecule has 0 atom stereocenters. The van der Waals surface area contributed by atoms with Crippen LogP contribution in [0.25, 0.3) is 12.2 Å². The van der Waals surface area contributed by atoms with Crippen LogP contribution in [0, 0.1) is 0 Å². The SMILES string of the molecule is CC1(C)C(=Cc2c([O-])[c+](C=C3N(CCCCCC(=O)O)c4ccc(S(=O)(=O)O)cc4C3(C)C)[c+]2[O-])Nc2ccc(S(=O)(=O)O)cc21. The lowest BCUT2D eigenvalue weighted by Crippen LogP contribution is -2.27. The zero-order chi connectivity index (χ0) is 34.0. The minimum absolute atomic E-state index is 0.0238. The van der Waals surface area contributed by atoms with E-state index in [2.05, 4.69) is 5.32 Å². The first-order valence-electron chi connectivity index (χ1n) is 14.5. The van der Waals surface area contributed by atoms with Gasteiger partial charge in [-0.25, -0.2) is 0 Å². The molecule has 14 heteroatoms. The zero-order valence-electron chi connectivity index (χ0n) is 25.6. The molecule has 5 rings (SSSR count). The summed E-state index contributed by atoms with van der Waals surface area (Å²) in [6.07, 6.45) is 4.64. The number of benzene rings is 2. The Hall–Kier alpha value is -4.11. The molecule has 0 saturated carbocycles. The number of carboxylic acids is 1. The number of allylic oxidation sites excluding steroid dienone is 2. The first-order valence-corrected chi connectivity index (χ1v) is 17.4. The van der Waals surface area contributed by atoms with Gasteiger partial charge < -0.3 is 20.6 Å². The molecule has 0 spiro atoms. The Morgan fingerprint density at radius 3 is 2.13 bits per heavy atom. The van der Waals surface area contributed by atoms with E-state index in [0.717, 1.165) is 0 Å². The van der Waals surface area contributed by atoms with E-state index >= 15 is 0 Å². The molecule has 2 aliphatic rings. The quantitative estimate of drug-likeness (QED) is 0.135. The Morgan fingerprint density at radius 2 is 1.54 bits per heavy atom. The minimum atomic E-state index is -4.50. The number of unbranched alkanes of at least 4 members (excludes halogenated alkanes) is 2. The van der Waals surface area contributed by atoms with E-state index in [4.69, 9.17) is 5.11 Å². The highest BCUT2D eigenvalue weighted by molar-refractivity contribution is 7.86. The van der Waals surface area contributed by atoms with Crippen LogP contribution in [0.5, 0.6) is 11.5 Å². The van der Waals surface area contributed by atoms with Crippen LogP contribution in [0.3, 0.4) is 0 Å². The molecule has 0 amide bonds. The van der Waals surface area contributed by atoms with Gasteiger partial charge in [-0.05, 0) is 88.1 Å². The van der Waals surface area contributed by atoms with Crippen LogP contribution in [-0.4, -0.2) is 43.6 Å². The molecule has 2 heterocycles. The van der Waals surface area contributed by atoms with E-state index in [1.807, 2.05) is 18.7 Å². The van der Waals surface area contributed by atoms with Crippen LogP contribution >= 0.6 is 0 Å². The van der Waals surface area contributed by atoms with Gasteiger partial charge in [0.2, 0.25) is 0 Å². The first-order chi connectivity index (χ1) is 21.2. The fraction of sp³-hybridized carbons (Fsp3) is 0.344. The van der Waals surface area contributed by atoms with Crippen molar-refractivity contribution in [3.63, 3.8) is 0 Å². The van der Waals surface area contributed by atoms with Crippen molar-refractivity contribution in [1.82, 2.24) is 0 Å². The van der Waals surface area contributed by atoms with Crippen molar-refractivity contribution < 1.29 is 46.1 Å². The van der Waals surface area contributed by atoms with Gasteiger partial charge in [-0.2, -0.15) is 16.8 Å². The van der Waals surface area contributed by atoms with Crippen LogP contribution in [0.2, 0.25) is 0 Å². The van der Waals surface area contributed by atoms with Crippen molar-refractivity contribution in [2.75, 3.05) is 16.8 Å². The highest BCUT2D eigenvalue weighted by atomic mass is 32.2. The summed E-state index contributed by atoms with van der Waals surface area (Å²) in [5.74, 6) is -1.89. The molecule has 0 fully saturated rings. The van der Waals surface area contributed by atoms with Crippen molar-refractivity contribution in [2.24, 2.45) is 0 Å². The molecule has 244 valence electrons. The Bertz CT molecular complexity index is 1990. The average Bonchev–Trinajstić information content (AvgIpc) is 3.33. The third kappa shape index (κ3) is 5.81. The maximum Gasteiger partial charge on any atom is 0.303 e. The second kappa shape index (κ2) is 11.3. The number of nitrogens with zero attached hydrogens (tertiary/aromatic N) is 1. The van der Waals surface area contributed by atoms with Gasteiger partial charge in [0, 0.05) is 24.1 Å². The van der Waals surface area contributed by atoms with E-state index in [-0.39, 0.29) is 27.3 Å². The van der Waals surface area contributed by atoms with Gasteiger partial charge in [0.25, 0.3) is 20.2 Å². The van der Waals surface area contributed by atoms with Crippen molar-refractivity contribution in [1.29, 1.82) is 0 Å². The number of hydrogen-bond donors (Lipinski definition) is 4. The van der Waals surface area contributed by atoms with Crippen LogP contribution in [-0.2, 0) is 35.9 Å². The number of fused-ring (bicyclic) bond motifs is 2. The Labute approximate surface area is 267 Å². The van der Waals surface area contributed by atoms with Gasteiger partial charge in [0.05, 0.1) is 44.2 Å². The van der Waals surface area contributed by atoms with E-state index in [1.165, 1.54) is 42.5 Å². The van der Waals surface area contributed by atoms with Crippen molar-refractivity contribution in [3.05, 3.63) is 70.0 Å². The van der Waals surface area contributed by atoms with E-state index < -0.39 is 48.5 Å². The standard InChI is InChI=1S/C32H34N2O10S2/c1-31(2)22-14-18(45(39,40)41)9-11-24(22)33-26(31)16-20-29(37)21(30(20)38)17-27-32(3,4)23-15-19(46(42,43)44)10-12-25(23)34(27)13-7-5-6-8-28(35)36/h9-12,14-17,33H,5-8,13H2,1-4H3,(H3-,35,36,37,39,40,41,42,43,44). The number of hydrogen-bond acceptors (Lipinski definition) is 9. The summed E-state index contributed by atoms with van der Waals surface area (Å²) in [6, 6.07) is 8.32. The Morgan fingerprint density at radius 1 is 0.935 bits per heavy atom. The van der Waals surface area contributed by atoms with Gasteiger partial charge in [0.15, 0.2) is 5.56 Å². The summed E-state index contributed by atoms with van der Waals surface area (Å²) >= 11 is 0. The summed E-state index contributed by atoms with van der Waals surface area (Å²) in [5.41, 5.74) is 1.60. The number of aliphatic carboxylic acids is 1. The topological polar surface area (TPSA) is 207 Å². The Balaban J connectivity index is 1.51. The molecule has 0 aromatic heterocycles. The number of rotatable bonds is 10. The summed E-state index contributed by atoms with van der Waals surface area (Å²) in [4.78, 5) is 12.3. The largest absolute Gasteiger partial charge is 0.820 e. The van der Waals surface area contributed by atoms with Crippen LogP contribution in [0.1, 0.15) is 75.6 Å². The first kappa shape index (κ1) is 33.3. The molecule has 0 radical (unpaired) electrons. The zero-order valence-corrected chi connectivity index (χ0v) is 27.3. The van der Waals surface area contributed by atoms with Crippen molar-refractivity contribution in [2.45, 2.75) is 74.0 Å². The highest BCUT2D eigenvalue weighted by Gasteiger charge is 2.46. The number of carbonyl (C=O) groups is 1. The fourth-order valence-corrected chi connectivity index (χ4v) is 7.20. The lowest BCUT2D eigenvalue weighted by atomic mass is 9.81. The number of anilines is 2. The normalized spacial score (nSPS) is 18.6. The molecule has 4 N–H and O–H groups in total. The fourth-order valence-electron chi connectivity index (χ4n) is 6.19. The molecule has 2 aliphatic heterocycles. The second-order valence-corrected chi connectivity index (χ2v) is 15.5. The molecule has 0 unspecified atom stereocenters. The maximum atomic E-state index is 13.4. The van der Waals surface area contributed by atoms with E-state index in [9.17, 15) is 40.9 Å². The maximum absolute atomic E-state index is 13.4. The molecule has 0 bridgehead atoms. The van der Waals surface area contributed by atoms with Crippen LogP contribution in [0.15, 0.2) is 57.6 Å². The van der Waals surface area contributed by atoms with Gasteiger partial charge in [0.1, 0.15) is 17.3 Å². The second-order valence-electron chi connectivity index (χ2n) is 12.6. The van der Waals surface area contributed by atoms with Crippen LogP contribution < -0.4 is 20.4 Å². The molecule has 0 aliphatic carbocycles. The monoisotopic (exact) mass is 670 g/mol. The molecule has 0 saturated heterocycles. The van der Waals surface area contributed by atoms with Gasteiger partial charge >= 0.3 is 5.97 Å². The van der Waals surface area contributed by atoms with E-state index in [0.29, 0.717) is 59.7 Å². The van der Waals surface area contributed by atoms with Gasteiger partial charge in [-0.3, -0.25) is 18.8 Å². The summed E-state index contributed by atoms with van der Waals surface area (Å²) in [5, 5.41) is 39.0. The van der Waals surface area contributed by atoms with Crippen LogP contribution in [0.4, 0.5) is 11.4 Å². The van der Waals surface area contributed by atoms with Gasteiger partial charge in [-0.15, -0.1) is 0 Å².